The van der Waals surface area contributed by atoms with Crippen molar-refractivity contribution in [2.24, 2.45) is 5.92 Å². The number of hydrogen-bond acceptors (Lipinski definition) is 6. The summed E-state index contributed by atoms with van der Waals surface area (Å²) in [6.07, 6.45) is 3.13. The molecule has 0 aliphatic carbocycles. The van der Waals surface area contributed by atoms with Gasteiger partial charge in [0.15, 0.2) is 0 Å². The van der Waals surface area contributed by atoms with Crippen LogP contribution in [0.5, 0.6) is 0 Å². The van der Waals surface area contributed by atoms with Crippen molar-refractivity contribution in [1.29, 1.82) is 0 Å². The first-order valence-electron chi connectivity index (χ1n) is 6.40. The summed E-state index contributed by atoms with van der Waals surface area (Å²) in [5.41, 5.74) is 0. The normalized spacial score (nSPS) is 11.7. The quantitative estimate of drug-likeness (QED) is 0.697. The van der Waals surface area contributed by atoms with E-state index >= 15 is 0 Å². The molecule has 110 valence electrons. The second kappa shape index (κ2) is 8.08. The van der Waals surface area contributed by atoms with Gasteiger partial charge in [0, 0.05) is 19.2 Å². The fraction of sp³-hybridized carbons (Fsp3) is 0.538. The van der Waals surface area contributed by atoms with Gasteiger partial charge in [0.1, 0.15) is 5.82 Å². The van der Waals surface area contributed by atoms with Crippen LogP contribution in [0.1, 0.15) is 36.8 Å². The number of hydrogen-bond donors (Lipinski definition) is 2. The zero-order chi connectivity index (χ0) is 15.0. The third-order valence-electron chi connectivity index (χ3n) is 2.82. The number of esters is 1. The Morgan fingerprint density at radius 1 is 1.45 bits per heavy atom. The average Bonchev–Trinajstić information content (AvgIpc) is 2.44. The van der Waals surface area contributed by atoms with Crippen molar-refractivity contribution in [3.05, 3.63) is 18.1 Å². The van der Waals surface area contributed by atoms with Crippen molar-refractivity contribution in [1.82, 2.24) is 9.97 Å². The van der Waals surface area contributed by atoms with Crippen molar-refractivity contribution < 1.29 is 19.4 Å². The second-order valence-corrected chi connectivity index (χ2v) is 4.51. The van der Waals surface area contributed by atoms with Gasteiger partial charge in [-0.1, -0.05) is 6.92 Å². The highest BCUT2D eigenvalue weighted by molar-refractivity contribution is 5.85. The van der Waals surface area contributed by atoms with E-state index < -0.39 is 11.9 Å². The molecule has 20 heavy (non-hydrogen) atoms. The lowest BCUT2D eigenvalue weighted by molar-refractivity contribution is -0.137. The highest BCUT2D eigenvalue weighted by Gasteiger charge is 2.10. The van der Waals surface area contributed by atoms with E-state index in [1.807, 2.05) is 6.92 Å². The topological polar surface area (TPSA) is 101 Å². The lowest BCUT2D eigenvalue weighted by Crippen LogP contribution is -2.12. The van der Waals surface area contributed by atoms with Gasteiger partial charge in [0.05, 0.1) is 7.11 Å². The molecule has 1 rings (SSSR count). The minimum Gasteiger partial charge on any atom is -0.481 e. The molecule has 0 aliphatic rings. The molecule has 1 aromatic heterocycles. The van der Waals surface area contributed by atoms with Gasteiger partial charge in [-0.25, -0.2) is 14.8 Å². The molecule has 0 spiro atoms. The first kappa shape index (κ1) is 15.9. The Hall–Kier alpha value is -2.18. The smallest absolute Gasteiger partial charge is 0.376 e. The lowest BCUT2D eigenvalue weighted by atomic mass is 10.0. The molecule has 0 fully saturated rings. The molecule has 1 unspecified atom stereocenters. The molecule has 0 amide bonds. The van der Waals surface area contributed by atoms with Crippen molar-refractivity contribution >= 4 is 17.8 Å². The monoisotopic (exact) mass is 281 g/mol. The SMILES string of the molecule is COC(=O)c1nccc(NCCC(C)CCC(=O)O)n1. The molecular weight excluding hydrogens is 262 g/mol. The summed E-state index contributed by atoms with van der Waals surface area (Å²) in [6.45, 7) is 2.66. The predicted molar refractivity (Wildman–Crippen MR) is 72.5 cm³/mol. The predicted octanol–water partition coefficient (Wildman–Crippen LogP) is 1.57. The van der Waals surface area contributed by atoms with Crippen LogP contribution in [0, 0.1) is 5.92 Å². The van der Waals surface area contributed by atoms with Crippen LogP contribution in [-0.2, 0) is 9.53 Å². The van der Waals surface area contributed by atoms with Gasteiger partial charge >= 0.3 is 11.9 Å². The van der Waals surface area contributed by atoms with Crippen LogP contribution >= 0.6 is 0 Å². The number of aliphatic carboxylic acids is 1. The van der Waals surface area contributed by atoms with Gasteiger partial charge in [0.25, 0.3) is 0 Å². The van der Waals surface area contributed by atoms with Gasteiger partial charge < -0.3 is 15.2 Å². The van der Waals surface area contributed by atoms with Gasteiger partial charge in [-0.3, -0.25) is 4.79 Å². The summed E-state index contributed by atoms with van der Waals surface area (Å²) in [4.78, 5) is 29.6. The van der Waals surface area contributed by atoms with E-state index in [0.717, 1.165) is 6.42 Å². The minimum absolute atomic E-state index is 0.0106. The zero-order valence-corrected chi connectivity index (χ0v) is 11.6. The summed E-state index contributed by atoms with van der Waals surface area (Å²) in [5, 5.41) is 11.7. The molecule has 2 N–H and O–H groups in total. The van der Waals surface area contributed by atoms with Gasteiger partial charge in [-0.2, -0.15) is 0 Å². The Labute approximate surface area is 117 Å². The van der Waals surface area contributed by atoms with Crippen LogP contribution in [0.2, 0.25) is 0 Å². The van der Waals surface area contributed by atoms with Crippen molar-refractivity contribution in [2.45, 2.75) is 26.2 Å². The molecule has 7 nitrogen and oxygen atoms in total. The van der Waals surface area contributed by atoms with Gasteiger partial charge in [0.2, 0.25) is 5.82 Å². The number of carboxylic acids is 1. The third-order valence-corrected chi connectivity index (χ3v) is 2.82. The number of carbonyl (C=O) groups excluding carboxylic acids is 1. The number of methoxy groups -OCH3 is 1. The number of ether oxygens (including phenoxy) is 1. The Bertz CT molecular complexity index is 465. The second-order valence-electron chi connectivity index (χ2n) is 4.51. The van der Waals surface area contributed by atoms with Gasteiger partial charge in [-0.15, -0.1) is 0 Å². The van der Waals surface area contributed by atoms with Crippen LogP contribution < -0.4 is 5.32 Å². The number of nitrogens with one attached hydrogen (secondary N) is 1. The number of carbonyl (C=O) groups is 2. The Morgan fingerprint density at radius 2 is 2.20 bits per heavy atom. The Balaban J connectivity index is 2.38. The first-order chi connectivity index (χ1) is 9.52. The van der Waals surface area contributed by atoms with E-state index in [-0.39, 0.29) is 12.2 Å². The molecule has 1 heterocycles. The van der Waals surface area contributed by atoms with Crippen LogP contribution in [0.3, 0.4) is 0 Å². The maximum atomic E-state index is 11.3. The first-order valence-corrected chi connectivity index (χ1v) is 6.40. The number of carboxylic acid groups (broad SMARTS) is 1. The van der Waals surface area contributed by atoms with Gasteiger partial charge in [-0.05, 0) is 24.8 Å². The van der Waals surface area contributed by atoms with Crippen LogP contribution in [-0.4, -0.2) is 40.7 Å². The summed E-state index contributed by atoms with van der Waals surface area (Å²) in [6, 6.07) is 1.66. The lowest BCUT2D eigenvalue weighted by Gasteiger charge is -2.11. The minimum atomic E-state index is -0.775. The van der Waals surface area contributed by atoms with E-state index in [4.69, 9.17) is 5.11 Å². The summed E-state index contributed by atoms with van der Waals surface area (Å²) < 4.78 is 4.54. The maximum absolute atomic E-state index is 11.3. The van der Waals surface area contributed by atoms with Crippen LogP contribution in [0.15, 0.2) is 12.3 Å². The van der Waals surface area contributed by atoms with E-state index in [9.17, 15) is 9.59 Å². The molecular formula is C13H19N3O4. The molecule has 0 aromatic carbocycles. The fourth-order valence-electron chi connectivity index (χ4n) is 1.61. The van der Waals surface area contributed by atoms with Crippen molar-refractivity contribution in [2.75, 3.05) is 19.0 Å². The van der Waals surface area contributed by atoms with E-state index in [0.29, 0.717) is 24.7 Å². The molecule has 7 heteroatoms. The summed E-state index contributed by atoms with van der Waals surface area (Å²) >= 11 is 0. The standard InChI is InChI=1S/C13H19N3O4/c1-9(3-4-11(17)18)5-7-14-10-6-8-15-12(16-10)13(19)20-2/h6,8-9H,3-5,7H2,1-2H3,(H,17,18)(H,14,15,16). The molecule has 0 radical (unpaired) electrons. The molecule has 0 saturated carbocycles. The molecule has 0 bridgehead atoms. The molecule has 0 aliphatic heterocycles. The van der Waals surface area contributed by atoms with Crippen molar-refractivity contribution in [3.63, 3.8) is 0 Å². The highest BCUT2D eigenvalue weighted by atomic mass is 16.5. The summed E-state index contributed by atoms with van der Waals surface area (Å²) in [7, 11) is 1.27. The number of aromatic nitrogens is 2. The van der Waals surface area contributed by atoms with E-state index in [1.165, 1.54) is 13.3 Å². The van der Waals surface area contributed by atoms with E-state index in [1.54, 1.807) is 6.07 Å². The molecule has 0 saturated heterocycles. The molecule has 1 atom stereocenters. The Kier molecular flexibility index (Phi) is 6.42. The number of nitrogens with zero attached hydrogens (tertiary/aromatic N) is 2. The number of rotatable bonds is 8. The van der Waals surface area contributed by atoms with E-state index in [2.05, 4.69) is 20.0 Å². The summed E-state index contributed by atoms with van der Waals surface area (Å²) in [5.74, 6) is -0.491. The largest absolute Gasteiger partial charge is 0.481 e. The molecule has 1 aromatic rings. The van der Waals surface area contributed by atoms with Crippen LogP contribution in [0.25, 0.3) is 0 Å². The Morgan fingerprint density at radius 3 is 2.85 bits per heavy atom. The van der Waals surface area contributed by atoms with Crippen molar-refractivity contribution in [3.8, 4) is 0 Å². The van der Waals surface area contributed by atoms with Crippen LogP contribution in [0.4, 0.5) is 5.82 Å². The maximum Gasteiger partial charge on any atom is 0.376 e. The number of anilines is 1. The zero-order valence-electron chi connectivity index (χ0n) is 11.6. The fourth-order valence-corrected chi connectivity index (χ4v) is 1.61. The average molecular weight is 281 g/mol. The highest BCUT2D eigenvalue weighted by Crippen LogP contribution is 2.11. The third kappa shape index (κ3) is 5.64.